The van der Waals surface area contributed by atoms with Crippen LogP contribution in [0.4, 0.5) is 11.4 Å². The molecule has 0 aromatic heterocycles. The van der Waals surface area contributed by atoms with Gasteiger partial charge in [0.1, 0.15) is 5.69 Å². The van der Waals surface area contributed by atoms with E-state index >= 15 is 0 Å². The molecule has 21 heavy (non-hydrogen) atoms. The third kappa shape index (κ3) is 3.30. The number of nitro groups is 1. The van der Waals surface area contributed by atoms with E-state index in [2.05, 4.69) is 5.32 Å². The summed E-state index contributed by atoms with van der Waals surface area (Å²) >= 11 is 0. The standard InChI is InChI=1S/C14H20N4O3/c1-2-7-17(11-5-6-16-9-11)13-8-10(14(15)19)3-4-12(13)18(20)21/h3-4,8,11,16H,2,5-7,9H2,1H3,(H2,15,19). The molecule has 1 aliphatic heterocycles. The Bertz CT molecular complexity index is 541. The van der Waals surface area contributed by atoms with Crippen molar-refractivity contribution in [2.75, 3.05) is 24.5 Å². The van der Waals surface area contributed by atoms with Gasteiger partial charge in [0.05, 0.1) is 4.92 Å². The number of carbonyl (C=O) groups is 1. The van der Waals surface area contributed by atoms with E-state index in [1.807, 2.05) is 11.8 Å². The first-order chi connectivity index (χ1) is 10.0. The minimum Gasteiger partial charge on any atom is -0.366 e. The Morgan fingerprint density at radius 2 is 2.33 bits per heavy atom. The Balaban J connectivity index is 2.46. The fourth-order valence-electron chi connectivity index (χ4n) is 2.71. The largest absolute Gasteiger partial charge is 0.366 e. The maximum atomic E-state index is 11.4. The van der Waals surface area contributed by atoms with Crippen LogP contribution >= 0.6 is 0 Å². The zero-order valence-electron chi connectivity index (χ0n) is 12.0. The molecule has 0 radical (unpaired) electrons. The van der Waals surface area contributed by atoms with Crippen molar-refractivity contribution in [3.8, 4) is 0 Å². The first-order valence-corrected chi connectivity index (χ1v) is 7.10. The average Bonchev–Trinajstić information content (AvgIpc) is 2.97. The molecule has 1 fully saturated rings. The van der Waals surface area contributed by atoms with Crippen molar-refractivity contribution in [2.45, 2.75) is 25.8 Å². The first-order valence-electron chi connectivity index (χ1n) is 7.10. The van der Waals surface area contributed by atoms with Crippen LogP contribution in [0.15, 0.2) is 18.2 Å². The molecule has 2 rings (SSSR count). The number of rotatable bonds is 6. The molecule has 1 amide bonds. The molecule has 114 valence electrons. The number of nitrogens with one attached hydrogen (secondary N) is 1. The highest BCUT2D eigenvalue weighted by Crippen LogP contribution is 2.32. The zero-order valence-corrected chi connectivity index (χ0v) is 12.0. The third-order valence-corrected chi connectivity index (χ3v) is 3.71. The second-order valence-corrected chi connectivity index (χ2v) is 5.16. The Kier molecular flexibility index (Phi) is 4.74. The Morgan fingerprint density at radius 1 is 1.57 bits per heavy atom. The van der Waals surface area contributed by atoms with Gasteiger partial charge in [-0.2, -0.15) is 0 Å². The molecule has 1 heterocycles. The average molecular weight is 292 g/mol. The van der Waals surface area contributed by atoms with Gasteiger partial charge < -0.3 is 16.0 Å². The molecule has 0 spiro atoms. The van der Waals surface area contributed by atoms with Gasteiger partial charge in [-0.1, -0.05) is 6.92 Å². The Labute approximate surface area is 123 Å². The molecule has 0 saturated carbocycles. The van der Waals surface area contributed by atoms with E-state index in [1.54, 1.807) is 0 Å². The molecular weight excluding hydrogens is 272 g/mol. The molecule has 0 aliphatic carbocycles. The van der Waals surface area contributed by atoms with Crippen molar-refractivity contribution in [1.82, 2.24) is 5.32 Å². The van der Waals surface area contributed by atoms with Crippen LogP contribution in [0.25, 0.3) is 0 Å². The van der Waals surface area contributed by atoms with Crippen LogP contribution in [-0.2, 0) is 0 Å². The van der Waals surface area contributed by atoms with Crippen molar-refractivity contribution in [1.29, 1.82) is 0 Å². The summed E-state index contributed by atoms with van der Waals surface area (Å²) in [4.78, 5) is 24.2. The fraction of sp³-hybridized carbons (Fsp3) is 0.500. The summed E-state index contributed by atoms with van der Waals surface area (Å²) in [5, 5.41) is 14.5. The highest BCUT2D eigenvalue weighted by atomic mass is 16.6. The molecule has 1 unspecified atom stereocenters. The van der Waals surface area contributed by atoms with E-state index in [4.69, 9.17) is 5.73 Å². The number of nitrogens with two attached hydrogens (primary N) is 1. The number of amides is 1. The molecule has 1 atom stereocenters. The summed E-state index contributed by atoms with van der Waals surface area (Å²) in [6, 6.07) is 4.50. The first kappa shape index (κ1) is 15.2. The van der Waals surface area contributed by atoms with E-state index in [-0.39, 0.29) is 11.7 Å². The van der Waals surface area contributed by atoms with Crippen LogP contribution in [0.3, 0.4) is 0 Å². The lowest BCUT2D eigenvalue weighted by atomic mass is 10.1. The van der Waals surface area contributed by atoms with Crippen molar-refractivity contribution in [3.63, 3.8) is 0 Å². The predicted molar refractivity (Wildman–Crippen MR) is 80.5 cm³/mol. The lowest BCUT2D eigenvalue weighted by Crippen LogP contribution is -2.38. The van der Waals surface area contributed by atoms with Crippen LogP contribution in [0, 0.1) is 10.1 Å². The number of primary amides is 1. The van der Waals surface area contributed by atoms with Crippen molar-refractivity contribution in [2.24, 2.45) is 5.73 Å². The number of benzene rings is 1. The van der Waals surface area contributed by atoms with Crippen LogP contribution in [-0.4, -0.2) is 36.5 Å². The Morgan fingerprint density at radius 3 is 2.86 bits per heavy atom. The molecule has 7 nitrogen and oxygen atoms in total. The van der Waals surface area contributed by atoms with E-state index in [0.717, 1.165) is 25.9 Å². The van der Waals surface area contributed by atoms with Gasteiger partial charge in [0.2, 0.25) is 5.91 Å². The van der Waals surface area contributed by atoms with Crippen molar-refractivity contribution >= 4 is 17.3 Å². The number of anilines is 1. The topological polar surface area (TPSA) is 102 Å². The second kappa shape index (κ2) is 6.53. The molecule has 1 aromatic rings. The van der Waals surface area contributed by atoms with E-state index < -0.39 is 10.8 Å². The molecular formula is C14H20N4O3. The summed E-state index contributed by atoms with van der Waals surface area (Å²) in [6.45, 7) is 4.42. The van der Waals surface area contributed by atoms with Gasteiger partial charge in [-0.05, 0) is 31.5 Å². The van der Waals surface area contributed by atoms with Crippen LogP contribution < -0.4 is 16.0 Å². The van der Waals surface area contributed by atoms with Gasteiger partial charge in [0.15, 0.2) is 0 Å². The minimum absolute atomic E-state index is 0.0142. The second-order valence-electron chi connectivity index (χ2n) is 5.16. The SMILES string of the molecule is CCCN(c1cc(C(N)=O)ccc1[N+](=O)[O-])C1CCNC1. The van der Waals surface area contributed by atoms with Gasteiger partial charge in [0, 0.05) is 30.8 Å². The number of nitro benzene ring substituents is 1. The maximum Gasteiger partial charge on any atom is 0.292 e. The number of nitrogens with zero attached hydrogens (tertiary/aromatic N) is 2. The quantitative estimate of drug-likeness (QED) is 0.607. The van der Waals surface area contributed by atoms with E-state index in [1.165, 1.54) is 18.2 Å². The summed E-state index contributed by atoms with van der Waals surface area (Å²) in [7, 11) is 0. The van der Waals surface area contributed by atoms with Gasteiger partial charge >= 0.3 is 0 Å². The third-order valence-electron chi connectivity index (χ3n) is 3.71. The summed E-state index contributed by atoms with van der Waals surface area (Å²) in [5.41, 5.74) is 6.08. The summed E-state index contributed by atoms with van der Waals surface area (Å²) < 4.78 is 0. The lowest BCUT2D eigenvalue weighted by molar-refractivity contribution is -0.384. The van der Waals surface area contributed by atoms with E-state index in [9.17, 15) is 14.9 Å². The number of hydrogen-bond acceptors (Lipinski definition) is 5. The summed E-state index contributed by atoms with van der Waals surface area (Å²) in [6.07, 6.45) is 1.80. The number of carbonyl (C=O) groups excluding carboxylic acids is 1. The Hall–Kier alpha value is -2.15. The smallest absolute Gasteiger partial charge is 0.292 e. The zero-order chi connectivity index (χ0) is 15.4. The van der Waals surface area contributed by atoms with Gasteiger partial charge in [-0.25, -0.2) is 0 Å². The molecule has 1 aliphatic rings. The molecule has 7 heteroatoms. The fourth-order valence-corrected chi connectivity index (χ4v) is 2.71. The summed E-state index contributed by atoms with van der Waals surface area (Å²) in [5.74, 6) is -0.577. The van der Waals surface area contributed by atoms with Crippen LogP contribution in [0.5, 0.6) is 0 Å². The maximum absolute atomic E-state index is 11.4. The van der Waals surface area contributed by atoms with Gasteiger partial charge in [-0.3, -0.25) is 14.9 Å². The van der Waals surface area contributed by atoms with Crippen LogP contribution in [0.1, 0.15) is 30.1 Å². The normalized spacial score (nSPS) is 17.7. The van der Waals surface area contributed by atoms with Gasteiger partial charge in [0.25, 0.3) is 5.69 Å². The monoisotopic (exact) mass is 292 g/mol. The highest BCUT2D eigenvalue weighted by molar-refractivity contribution is 5.94. The minimum atomic E-state index is -0.577. The molecule has 1 aromatic carbocycles. The molecule has 1 saturated heterocycles. The predicted octanol–water partition coefficient (Wildman–Crippen LogP) is 1.27. The van der Waals surface area contributed by atoms with Crippen molar-refractivity contribution in [3.05, 3.63) is 33.9 Å². The molecule has 0 bridgehead atoms. The van der Waals surface area contributed by atoms with Crippen molar-refractivity contribution < 1.29 is 9.72 Å². The van der Waals surface area contributed by atoms with E-state index in [0.29, 0.717) is 17.8 Å². The highest BCUT2D eigenvalue weighted by Gasteiger charge is 2.28. The molecule has 3 N–H and O–H groups in total. The lowest BCUT2D eigenvalue weighted by Gasteiger charge is -2.30. The van der Waals surface area contributed by atoms with Crippen LogP contribution in [0.2, 0.25) is 0 Å². The number of hydrogen-bond donors (Lipinski definition) is 2. The van der Waals surface area contributed by atoms with Gasteiger partial charge in [-0.15, -0.1) is 0 Å².